The summed E-state index contributed by atoms with van der Waals surface area (Å²) in [5, 5.41) is 7.95. The van der Waals surface area contributed by atoms with E-state index in [9.17, 15) is 4.39 Å². The first-order chi connectivity index (χ1) is 11.5. The predicted octanol–water partition coefficient (Wildman–Crippen LogP) is 4.45. The fourth-order valence-corrected chi connectivity index (χ4v) is 2.93. The van der Waals surface area contributed by atoms with Crippen LogP contribution in [0.25, 0.3) is 10.9 Å². The van der Waals surface area contributed by atoms with Crippen molar-refractivity contribution >= 4 is 33.9 Å². The maximum atomic E-state index is 13.4. The van der Waals surface area contributed by atoms with E-state index in [2.05, 4.69) is 35.5 Å². The van der Waals surface area contributed by atoms with Gasteiger partial charge in [0.05, 0.1) is 0 Å². The molecular weight excluding hydrogens is 321 g/mol. The van der Waals surface area contributed by atoms with Crippen molar-refractivity contribution in [2.75, 3.05) is 11.9 Å². The average molecular weight is 341 g/mol. The van der Waals surface area contributed by atoms with Crippen molar-refractivity contribution in [2.24, 2.45) is 0 Å². The average Bonchev–Trinajstić information content (AvgIpc) is 2.94. The van der Waals surface area contributed by atoms with Crippen molar-refractivity contribution in [2.45, 2.75) is 20.3 Å². The van der Waals surface area contributed by atoms with Gasteiger partial charge in [-0.2, -0.15) is 0 Å². The number of benzene rings is 2. The lowest BCUT2D eigenvalue weighted by Crippen LogP contribution is -2.30. The number of nitrogens with one attached hydrogen (secondary N) is 3. The van der Waals surface area contributed by atoms with Crippen molar-refractivity contribution in [3.05, 3.63) is 65.1 Å². The number of aromatic nitrogens is 1. The molecule has 0 fully saturated rings. The maximum absolute atomic E-state index is 13.4. The number of H-pyrrole nitrogens is 1. The summed E-state index contributed by atoms with van der Waals surface area (Å²) >= 11 is 5.36. The molecule has 0 amide bonds. The van der Waals surface area contributed by atoms with E-state index in [4.69, 9.17) is 12.2 Å². The molecule has 0 unspecified atom stereocenters. The monoisotopic (exact) mass is 341 g/mol. The van der Waals surface area contributed by atoms with Gasteiger partial charge in [-0.1, -0.05) is 12.1 Å². The lowest BCUT2D eigenvalue weighted by Gasteiger charge is -2.13. The number of halogens is 1. The summed E-state index contributed by atoms with van der Waals surface area (Å²) in [6.45, 7) is 4.83. The molecule has 2 aromatic carbocycles. The van der Waals surface area contributed by atoms with Crippen LogP contribution >= 0.6 is 12.2 Å². The van der Waals surface area contributed by atoms with Gasteiger partial charge >= 0.3 is 0 Å². The molecule has 3 nitrogen and oxygen atoms in total. The number of aryl methyl sites for hydroxylation is 1. The summed E-state index contributed by atoms with van der Waals surface area (Å²) in [6, 6.07) is 10.9. The normalized spacial score (nSPS) is 10.8. The van der Waals surface area contributed by atoms with Crippen LogP contribution in [0.3, 0.4) is 0 Å². The molecule has 0 aliphatic carbocycles. The summed E-state index contributed by atoms with van der Waals surface area (Å²) in [5.41, 5.74) is 5.45. The van der Waals surface area contributed by atoms with Crippen molar-refractivity contribution in [1.82, 2.24) is 10.3 Å². The molecule has 0 saturated heterocycles. The first-order valence-electron chi connectivity index (χ1n) is 7.91. The molecule has 0 radical (unpaired) electrons. The van der Waals surface area contributed by atoms with Crippen molar-refractivity contribution in [1.29, 1.82) is 0 Å². The maximum Gasteiger partial charge on any atom is 0.170 e. The van der Waals surface area contributed by atoms with Crippen LogP contribution in [0, 0.1) is 19.7 Å². The van der Waals surface area contributed by atoms with E-state index in [1.165, 1.54) is 17.2 Å². The molecule has 0 aliphatic rings. The van der Waals surface area contributed by atoms with Gasteiger partial charge in [-0.15, -0.1) is 0 Å². The zero-order chi connectivity index (χ0) is 17.1. The molecule has 0 bridgehead atoms. The molecule has 0 atom stereocenters. The third-order valence-corrected chi connectivity index (χ3v) is 4.51. The molecule has 0 spiro atoms. The van der Waals surface area contributed by atoms with E-state index in [0.717, 1.165) is 28.6 Å². The molecule has 3 rings (SSSR count). The van der Waals surface area contributed by atoms with E-state index in [-0.39, 0.29) is 5.82 Å². The van der Waals surface area contributed by atoms with Gasteiger partial charge in [-0.3, -0.25) is 0 Å². The second kappa shape index (κ2) is 7.01. The molecule has 1 aromatic heterocycles. The van der Waals surface area contributed by atoms with Gasteiger partial charge in [-0.25, -0.2) is 4.39 Å². The number of anilines is 1. The lowest BCUT2D eigenvalue weighted by molar-refractivity contribution is 0.629. The van der Waals surface area contributed by atoms with E-state index in [1.807, 2.05) is 18.3 Å². The Hall–Kier alpha value is -2.40. The van der Waals surface area contributed by atoms with Crippen LogP contribution < -0.4 is 10.6 Å². The lowest BCUT2D eigenvalue weighted by atomic mass is 10.1. The summed E-state index contributed by atoms with van der Waals surface area (Å²) < 4.78 is 13.4. The molecule has 24 heavy (non-hydrogen) atoms. The van der Waals surface area contributed by atoms with Gasteiger partial charge in [0, 0.05) is 29.3 Å². The van der Waals surface area contributed by atoms with Crippen LogP contribution in [-0.4, -0.2) is 16.6 Å². The minimum atomic E-state index is -0.219. The van der Waals surface area contributed by atoms with E-state index in [0.29, 0.717) is 11.7 Å². The second-order valence-corrected chi connectivity index (χ2v) is 6.29. The fourth-order valence-electron chi connectivity index (χ4n) is 2.72. The SMILES string of the molecule is Cc1cccc(NC(=S)NCCc2c[nH]c3ccc(F)cc23)c1C. The summed E-state index contributed by atoms with van der Waals surface area (Å²) in [5.74, 6) is -0.219. The van der Waals surface area contributed by atoms with Gasteiger partial charge in [0.1, 0.15) is 5.82 Å². The Morgan fingerprint density at radius 3 is 2.88 bits per heavy atom. The van der Waals surface area contributed by atoms with Crippen molar-refractivity contribution in [3.63, 3.8) is 0 Å². The molecule has 5 heteroatoms. The van der Waals surface area contributed by atoms with Crippen LogP contribution in [0.5, 0.6) is 0 Å². The van der Waals surface area contributed by atoms with Crippen LogP contribution in [-0.2, 0) is 6.42 Å². The van der Waals surface area contributed by atoms with E-state index in [1.54, 1.807) is 12.1 Å². The highest BCUT2D eigenvalue weighted by atomic mass is 32.1. The minimum Gasteiger partial charge on any atom is -0.362 e. The van der Waals surface area contributed by atoms with E-state index >= 15 is 0 Å². The Morgan fingerprint density at radius 2 is 2.04 bits per heavy atom. The summed E-state index contributed by atoms with van der Waals surface area (Å²) in [4.78, 5) is 3.16. The molecule has 3 N–H and O–H groups in total. The number of aromatic amines is 1. The topological polar surface area (TPSA) is 39.8 Å². The largest absolute Gasteiger partial charge is 0.362 e. The Kier molecular flexibility index (Phi) is 4.81. The summed E-state index contributed by atoms with van der Waals surface area (Å²) in [6.07, 6.45) is 2.69. The molecule has 1 heterocycles. The molecule has 124 valence electrons. The second-order valence-electron chi connectivity index (χ2n) is 5.88. The highest BCUT2D eigenvalue weighted by molar-refractivity contribution is 7.80. The molecule has 0 aliphatic heterocycles. The molecular formula is C19H20FN3S. The first kappa shape index (κ1) is 16.5. The van der Waals surface area contributed by atoms with Crippen LogP contribution in [0.4, 0.5) is 10.1 Å². The molecule has 0 saturated carbocycles. The highest BCUT2D eigenvalue weighted by Crippen LogP contribution is 2.20. The summed E-state index contributed by atoms with van der Waals surface area (Å²) in [7, 11) is 0. The number of hydrogen-bond donors (Lipinski definition) is 3. The standard InChI is InChI=1S/C19H20FN3S/c1-12-4-3-5-17(13(12)2)23-19(24)21-9-8-14-11-22-18-7-6-15(20)10-16(14)18/h3-7,10-11,22H,8-9H2,1-2H3,(H2,21,23,24). The Labute approximate surface area is 146 Å². The van der Waals surface area contributed by atoms with Crippen LogP contribution in [0.1, 0.15) is 16.7 Å². The van der Waals surface area contributed by atoms with Crippen molar-refractivity contribution < 1.29 is 4.39 Å². The van der Waals surface area contributed by atoms with Gasteiger partial charge in [0.15, 0.2) is 5.11 Å². The zero-order valence-corrected chi connectivity index (χ0v) is 14.6. The number of rotatable bonds is 4. The zero-order valence-electron chi connectivity index (χ0n) is 13.7. The number of hydrogen-bond acceptors (Lipinski definition) is 1. The third kappa shape index (κ3) is 3.57. The van der Waals surface area contributed by atoms with Crippen LogP contribution in [0.15, 0.2) is 42.6 Å². The number of thiocarbonyl (C=S) groups is 1. The third-order valence-electron chi connectivity index (χ3n) is 4.26. The highest BCUT2D eigenvalue weighted by Gasteiger charge is 2.06. The quantitative estimate of drug-likeness (QED) is 0.614. The van der Waals surface area contributed by atoms with Gasteiger partial charge in [-0.05, 0) is 73.4 Å². The first-order valence-corrected chi connectivity index (χ1v) is 8.32. The Morgan fingerprint density at radius 1 is 1.21 bits per heavy atom. The minimum absolute atomic E-state index is 0.219. The smallest absolute Gasteiger partial charge is 0.170 e. The fraction of sp³-hybridized carbons (Fsp3) is 0.211. The Bertz CT molecular complexity index is 885. The van der Waals surface area contributed by atoms with Gasteiger partial charge < -0.3 is 15.6 Å². The Balaban J connectivity index is 1.58. The number of fused-ring (bicyclic) bond motifs is 1. The van der Waals surface area contributed by atoms with Gasteiger partial charge in [0.2, 0.25) is 0 Å². The van der Waals surface area contributed by atoms with Crippen molar-refractivity contribution in [3.8, 4) is 0 Å². The molecule has 3 aromatic rings. The van der Waals surface area contributed by atoms with Gasteiger partial charge in [0.25, 0.3) is 0 Å². The van der Waals surface area contributed by atoms with E-state index < -0.39 is 0 Å². The van der Waals surface area contributed by atoms with Crippen LogP contribution in [0.2, 0.25) is 0 Å². The predicted molar refractivity (Wildman–Crippen MR) is 102 cm³/mol.